The van der Waals surface area contributed by atoms with Gasteiger partial charge in [-0.25, -0.2) is 0 Å². The second kappa shape index (κ2) is 6.76. The average Bonchev–Trinajstić information content (AvgIpc) is 3.07. The van der Waals surface area contributed by atoms with Crippen LogP contribution < -0.4 is 4.90 Å². The molecule has 2 aromatic rings. The van der Waals surface area contributed by atoms with Crippen molar-refractivity contribution < 1.29 is 4.79 Å². The van der Waals surface area contributed by atoms with E-state index in [1.807, 2.05) is 17.0 Å². The Morgan fingerprint density at radius 1 is 1.00 bits per heavy atom. The molecule has 0 bridgehead atoms. The smallest absolute Gasteiger partial charge is 0.223 e. The Bertz CT molecular complexity index is 560. The van der Waals surface area contributed by atoms with E-state index in [4.69, 9.17) is 0 Å². The van der Waals surface area contributed by atoms with Crippen LogP contribution in [0.25, 0.3) is 0 Å². The van der Waals surface area contributed by atoms with E-state index < -0.39 is 0 Å². The Hall–Kier alpha value is -1.81. The summed E-state index contributed by atoms with van der Waals surface area (Å²) in [6, 6.07) is 14.6. The van der Waals surface area contributed by atoms with Gasteiger partial charge < -0.3 is 9.80 Å². The quantitative estimate of drug-likeness (QED) is 0.866. The topological polar surface area (TPSA) is 23.6 Å². The van der Waals surface area contributed by atoms with E-state index >= 15 is 0 Å². The molecule has 0 aliphatic carbocycles. The van der Waals surface area contributed by atoms with Crippen LogP contribution in [0.2, 0.25) is 0 Å². The minimum Gasteiger partial charge on any atom is -0.368 e. The van der Waals surface area contributed by atoms with Crippen molar-refractivity contribution >= 4 is 22.9 Å². The summed E-state index contributed by atoms with van der Waals surface area (Å²) >= 11 is 1.73. The van der Waals surface area contributed by atoms with Gasteiger partial charge in [0.25, 0.3) is 0 Å². The Morgan fingerprint density at radius 3 is 2.43 bits per heavy atom. The summed E-state index contributed by atoms with van der Waals surface area (Å²) < 4.78 is 0. The number of piperazine rings is 1. The number of thiophene rings is 1. The third kappa shape index (κ3) is 3.64. The zero-order chi connectivity index (χ0) is 14.5. The lowest BCUT2D eigenvalue weighted by Crippen LogP contribution is -2.48. The zero-order valence-corrected chi connectivity index (χ0v) is 12.9. The lowest BCUT2D eigenvalue weighted by atomic mass is 10.2. The van der Waals surface area contributed by atoms with Gasteiger partial charge in [-0.2, -0.15) is 0 Å². The van der Waals surface area contributed by atoms with Gasteiger partial charge in [-0.1, -0.05) is 24.3 Å². The molecule has 110 valence electrons. The highest BCUT2D eigenvalue weighted by Gasteiger charge is 2.20. The number of anilines is 1. The van der Waals surface area contributed by atoms with Crippen molar-refractivity contribution in [2.75, 3.05) is 31.1 Å². The number of hydrogen-bond acceptors (Lipinski definition) is 3. The number of amides is 1. The molecule has 1 fully saturated rings. The number of benzene rings is 1. The highest BCUT2D eigenvalue weighted by Crippen LogP contribution is 2.17. The van der Waals surface area contributed by atoms with Crippen molar-refractivity contribution in [2.24, 2.45) is 0 Å². The molecule has 2 heterocycles. The second-order valence-corrected chi connectivity index (χ2v) is 6.31. The highest BCUT2D eigenvalue weighted by atomic mass is 32.1. The number of rotatable bonds is 4. The first-order valence-corrected chi connectivity index (χ1v) is 8.31. The SMILES string of the molecule is O=C(CCc1cccs1)N1CCN(c2ccccc2)CC1. The second-order valence-electron chi connectivity index (χ2n) is 5.28. The summed E-state index contributed by atoms with van der Waals surface area (Å²) in [6.07, 6.45) is 1.50. The Kier molecular flexibility index (Phi) is 4.55. The van der Waals surface area contributed by atoms with Crippen LogP contribution in [-0.4, -0.2) is 37.0 Å². The number of carbonyl (C=O) groups is 1. The maximum absolute atomic E-state index is 12.2. The van der Waals surface area contributed by atoms with Crippen LogP contribution >= 0.6 is 11.3 Å². The molecular formula is C17H20N2OS. The highest BCUT2D eigenvalue weighted by molar-refractivity contribution is 7.09. The van der Waals surface area contributed by atoms with E-state index in [1.165, 1.54) is 10.6 Å². The summed E-state index contributed by atoms with van der Waals surface area (Å²) in [6.45, 7) is 3.51. The van der Waals surface area contributed by atoms with E-state index in [2.05, 4.69) is 40.6 Å². The summed E-state index contributed by atoms with van der Waals surface area (Å²) in [5.41, 5.74) is 1.25. The van der Waals surface area contributed by atoms with Crippen LogP contribution in [0.15, 0.2) is 47.8 Å². The first-order valence-electron chi connectivity index (χ1n) is 7.43. The molecule has 21 heavy (non-hydrogen) atoms. The average molecular weight is 300 g/mol. The standard InChI is InChI=1S/C17H20N2OS/c20-17(9-8-16-7-4-14-21-16)19-12-10-18(11-13-19)15-5-2-1-3-6-15/h1-7,14H,8-13H2. The van der Waals surface area contributed by atoms with Crippen molar-refractivity contribution in [3.05, 3.63) is 52.7 Å². The Labute approximate surface area is 129 Å². The van der Waals surface area contributed by atoms with E-state index in [0.29, 0.717) is 6.42 Å². The number of aryl methyl sites for hydroxylation is 1. The van der Waals surface area contributed by atoms with Crippen molar-refractivity contribution in [3.8, 4) is 0 Å². The molecule has 1 aliphatic heterocycles. The lowest BCUT2D eigenvalue weighted by molar-refractivity contribution is -0.131. The molecular weight excluding hydrogens is 280 g/mol. The first-order chi connectivity index (χ1) is 10.3. The van der Waals surface area contributed by atoms with Crippen LogP contribution in [0.4, 0.5) is 5.69 Å². The molecule has 0 unspecified atom stereocenters. The molecule has 3 nitrogen and oxygen atoms in total. The fourth-order valence-corrected chi connectivity index (χ4v) is 3.40. The molecule has 0 atom stereocenters. The van der Waals surface area contributed by atoms with Crippen molar-refractivity contribution in [1.29, 1.82) is 0 Å². The largest absolute Gasteiger partial charge is 0.368 e. The molecule has 1 aromatic heterocycles. The maximum Gasteiger partial charge on any atom is 0.223 e. The predicted octanol–water partition coefficient (Wildman–Crippen LogP) is 3.03. The summed E-state index contributed by atoms with van der Waals surface area (Å²) in [7, 11) is 0. The van der Waals surface area contributed by atoms with Gasteiger partial charge in [0.05, 0.1) is 0 Å². The van der Waals surface area contributed by atoms with Crippen molar-refractivity contribution in [3.63, 3.8) is 0 Å². The van der Waals surface area contributed by atoms with Crippen LogP contribution in [0.3, 0.4) is 0 Å². The third-order valence-electron chi connectivity index (χ3n) is 3.92. The van der Waals surface area contributed by atoms with Gasteiger partial charge in [0.1, 0.15) is 0 Å². The molecule has 3 rings (SSSR count). The van der Waals surface area contributed by atoms with Gasteiger partial charge in [-0.15, -0.1) is 11.3 Å². The fourth-order valence-electron chi connectivity index (χ4n) is 2.70. The summed E-state index contributed by atoms with van der Waals surface area (Å²) in [4.78, 5) is 17.9. The molecule has 1 saturated heterocycles. The lowest BCUT2D eigenvalue weighted by Gasteiger charge is -2.36. The van der Waals surface area contributed by atoms with Gasteiger partial charge in [0.2, 0.25) is 5.91 Å². The van der Waals surface area contributed by atoms with E-state index in [0.717, 1.165) is 32.6 Å². The minimum atomic E-state index is 0.288. The van der Waals surface area contributed by atoms with Crippen LogP contribution in [0, 0.1) is 0 Å². The van der Waals surface area contributed by atoms with Gasteiger partial charge >= 0.3 is 0 Å². The maximum atomic E-state index is 12.2. The van der Waals surface area contributed by atoms with Crippen molar-refractivity contribution in [1.82, 2.24) is 4.90 Å². The summed E-state index contributed by atoms with van der Waals surface area (Å²) in [5.74, 6) is 0.288. The first kappa shape index (κ1) is 14.1. The van der Waals surface area contributed by atoms with Crippen LogP contribution in [0.1, 0.15) is 11.3 Å². The molecule has 0 radical (unpaired) electrons. The molecule has 1 amide bonds. The summed E-state index contributed by atoms with van der Waals surface area (Å²) in [5, 5.41) is 2.07. The molecule has 1 aliphatic rings. The monoisotopic (exact) mass is 300 g/mol. The fraction of sp³-hybridized carbons (Fsp3) is 0.353. The normalized spacial score (nSPS) is 15.2. The number of nitrogens with zero attached hydrogens (tertiary/aromatic N) is 2. The molecule has 4 heteroatoms. The number of carbonyl (C=O) groups excluding carboxylic acids is 1. The molecule has 0 N–H and O–H groups in total. The minimum absolute atomic E-state index is 0.288. The van der Waals surface area contributed by atoms with E-state index in [-0.39, 0.29) is 5.91 Å². The Morgan fingerprint density at radius 2 is 1.76 bits per heavy atom. The van der Waals surface area contributed by atoms with Crippen molar-refractivity contribution in [2.45, 2.75) is 12.8 Å². The molecule has 0 saturated carbocycles. The number of hydrogen-bond donors (Lipinski definition) is 0. The van der Waals surface area contributed by atoms with Gasteiger partial charge in [0, 0.05) is 43.2 Å². The predicted molar refractivity (Wildman–Crippen MR) is 87.9 cm³/mol. The molecule has 0 spiro atoms. The van der Waals surface area contributed by atoms with E-state index in [9.17, 15) is 4.79 Å². The van der Waals surface area contributed by atoms with Gasteiger partial charge in [-0.3, -0.25) is 4.79 Å². The zero-order valence-electron chi connectivity index (χ0n) is 12.1. The number of para-hydroxylation sites is 1. The van der Waals surface area contributed by atoms with Gasteiger partial charge in [-0.05, 0) is 30.0 Å². The van der Waals surface area contributed by atoms with Crippen LogP contribution in [0.5, 0.6) is 0 Å². The van der Waals surface area contributed by atoms with Gasteiger partial charge in [0.15, 0.2) is 0 Å². The third-order valence-corrected chi connectivity index (χ3v) is 4.86. The van der Waals surface area contributed by atoms with Crippen LogP contribution in [-0.2, 0) is 11.2 Å². The Balaban J connectivity index is 1.48. The molecule has 1 aromatic carbocycles. The van der Waals surface area contributed by atoms with E-state index in [1.54, 1.807) is 11.3 Å².